The summed E-state index contributed by atoms with van der Waals surface area (Å²) < 4.78 is 25.7. The second-order valence-corrected chi connectivity index (χ2v) is 8.41. The zero-order valence-corrected chi connectivity index (χ0v) is 16.6. The summed E-state index contributed by atoms with van der Waals surface area (Å²) in [5, 5.41) is 0. The van der Waals surface area contributed by atoms with Crippen molar-refractivity contribution in [1.29, 1.82) is 0 Å². The molecule has 0 spiro atoms. The fraction of sp³-hybridized carbons (Fsp3) is 0.391. The Kier molecular flexibility index (Phi) is 5.00. The third-order valence-electron chi connectivity index (χ3n) is 5.44. The fourth-order valence-electron chi connectivity index (χ4n) is 3.78. The van der Waals surface area contributed by atoms with Gasteiger partial charge in [-0.25, -0.2) is 4.39 Å². The van der Waals surface area contributed by atoms with E-state index in [9.17, 15) is 14.0 Å². The molecule has 0 bridgehead atoms. The molecule has 152 valence electrons. The largest absolute Gasteiger partial charge is 0.345 e. The summed E-state index contributed by atoms with van der Waals surface area (Å²) in [5.41, 5.74) is 1.50. The van der Waals surface area contributed by atoms with Crippen molar-refractivity contribution < 1.29 is 23.5 Å². The minimum atomic E-state index is -1.01. The summed E-state index contributed by atoms with van der Waals surface area (Å²) in [6, 6.07) is 12.9. The zero-order chi connectivity index (χ0) is 20.6. The molecule has 0 atom stereocenters. The summed E-state index contributed by atoms with van der Waals surface area (Å²) >= 11 is 0. The minimum Gasteiger partial charge on any atom is -0.345 e. The van der Waals surface area contributed by atoms with E-state index < -0.39 is 5.79 Å². The van der Waals surface area contributed by atoms with Crippen LogP contribution >= 0.6 is 0 Å². The molecular weight excluding hydrogens is 373 g/mol. The number of amides is 2. The van der Waals surface area contributed by atoms with Crippen LogP contribution in [-0.2, 0) is 15.3 Å². The van der Waals surface area contributed by atoms with Crippen LogP contribution in [0.15, 0.2) is 48.5 Å². The van der Waals surface area contributed by atoms with Gasteiger partial charge in [0.25, 0.3) is 11.8 Å². The molecule has 0 unspecified atom stereocenters. The summed E-state index contributed by atoms with van der Waals surface area (Å²) in [6.07, 6.45) is 0.950. The van der Waals surface area contributed by atoms with Crippen LogP contribution in [0.5, 0.6) is 0 Å². The molecule has 2 aliphatic heterocycles. The molecule has 0 saturated carbocycles. The topological polar surface area (TPSA) is 55.8 Å². The average Bonchev–Trinajstić information content (AvgIpc) is 2.95. The van der Waals surface area contributed by atoms with Crippen molar-refractivity contribution in [2.24, 2.45) is 5.41 Å². The highest BCUT2D eigenvalue weighted by atomic mass is 19.1. The molecule has 2 aliphatic rings. The van der Waals surface area contributed by atoms with Crippen LogP contribution in [0.2, 0.25) is 0 Å². The maximum Gasteiger partial charge on any atom is 0.261 e. The maximum atomic E-state index is 13.4. The molecule has 0 aromatic heterocycles. The lowest BCUT2D eigenvalue weighted by molar-refractivity contribution is -0.311. The first-order valence-corrected chi connectivity index (χ1v) is 9.81. The molecule has 6 heteroatoms. The molecule has 1 fully saturated rings. The van der Waals surface area contributed by atoms with Crippen molar-refractivity contribution in [3.63, 3.8) is 0 Å². The monoisotopic (exact) mass is 397 g/mol. The average molecular weight is 397 g/mol. The second kappa shape index (κ2) is 7.35. The predicted molar refractivity (Wildman–Crippen MR) is 105 cm³/mol. The highest BCUT2D eigenvalue weighted by Crippen LogP contribution is 2.40. The zero-order valence-electron chi connectivity index (χ0n) is 16.6. The lowest BCUT2D eigenvalue weighted by atomic mass is 9.92. The Morgan fingerprint density at radius 2 is 1.48 bits per heavy atom. The van der Waals surface area contributed by atoms with Crippen LogP contribution in [0.25, 0.3) is 0 Å². The molecule has 2 amide bonds. The number of nitrogens with zero attached hydrogens (tertiary/aromatic N) is 1. The third kappa shape index (κ3) is 3.70. The lowest BCUT2D eigenvalue weighted by Crippen LogP contribution is -2.46. The molecule has 4 rings (SSSR count). The number of imide groups is 1. The first kappa shape index (κ1) is 19.7. The van der Waals surface area contributed by atoms with Gasteiger partial charge in [-0.1, -0.05) is 38.1 Å². The smallest absolute Gasteiger partial charge is 0.261 e. The van der Waals surface area contributed by atoms with Crippen LogP contribution in [0, 0.1) is 11.2 Å². The van der Waals surface area contributed by atoms with Crippen molar-refractivity contribution in [2.75, 3.05) is 19.8 Å². The molecule has 0 N–H and O–H groups in total. The standard InChI is InChI=1S/C23H24FNO4/c1-22(2)14-28-23(29-15-22,16-8-10-17(24)11-9-16)12-5-13-25-20(26)18-6-3-4-7-19(18)21(25)27/h3-4,6-11H,5,12-15H2,1-2H3. The number of rotatable bonds is 5. The summed E-state index contributed by atoms with van der Waals surface area (Å²) in [4.78, 5) is 26.4. The van der Waals surface area contributed by atoms with Crippen LogP contribution in [0.4, 0.5) is 4.39 Å². The Morgan fingerprint density at radius 1 is 0.931 bits per heavy atom. The van der Waals surface area contributed by atoms with Crippen LogP contribution in [0.3, 0.4) is 0 Å². The Balaban J connectivity index is 1.49. The van der Waals surface area contributed by atoms with E-state index in [2.05, 4.69) is 13.8 Å². The summed E-state index contributed by atoms with van der Waals surface area (Å²) in [6.45, 7) is 5.38. The third-order valence-corrected chi connectivity index (χ3v) is 5.44. The second-order valence-electron chi connectivity index (χ2n) is 8.41. The Morgan fingerprint density at radius 3 is 2.03 bits per heavy atom. The molecule has 0 radical (unpaired) electrons. The number of ether oxygens (including phenoxy) is 2. The normalized spacial score (nSPS) is 20.0. The van der Waals surface area contributed by atoms with Gasteiger partial charge in [0.15, 0.2) is 5.79 Å². The molecule has 0 aliphatic carbocycles. The van der Waals surface area contributed by atoms with E-state index in [1.54, 1.807) is 36.4 Å². The molecule has 2 heterocycles. The van der Waals surface area contributed by atoms with Gasteiger partial charge in [0.2, 0.25) is 0 Å². The Labute approximate surface area is 169 Å². The fourth-order valence-corrected chi connectivity index (χ4v) is 3.78. The number of halogens is 1. The molecular formula is C23H24FNO4. The molecule has 1 saturated heterocycles. The van der Waals surface area contributed by atoms with Crippen LogP contribution in [0.1, 0.15) is 53.0 Å². The summed E-state index contributed by atoms with van der Waals surface area (Å²) in [7, 11) is 0. The number of fused-ring (bicyclic) bond motifs is 1. The number of carbonyl (C=O) groups is 2. The predicted octanol–water partition coefficient (Wildman–Crippen LogP) is 4.13. The van der Waals surface area contributed by atoms with Gasteiger partial charge >= 0.3 is 0 Å². The Hall–Kier alpha value is -2.57. The maximum absolute atomic E-state index is 13.4. The van der Waals surface area contributed by atoms with Crippen molar-refractivity contribution in [1.82, 2.24) is 4.90 Å². The van der Waals surface area contributed by atoms with Crippen LogP contribution in [-0.4, -0.2) is 36.5 Å². The first-order chi connectivity index (χ1) is 13.8. The van der Waals surface area contributed by atoms with E-state index in [0.29, 0.717) is 37.2 Å². The molecule has 2 aromatic carbocycles. The number of hydrogen-bond donors (Lipinski definition) is 0. The van der Waals surface area contributed by atoms with Gasteiger partial charge in [0.1, 0.15) is 5.82 Å². The van der Waals surface area contributed by atoms with E-state index in [1.165, 1.54) is 17.0 Å². The van der Waals surface area contributed by atoms with Gasteiger partial charge in [-0.15, -0.1) is 0 Å². The number of carbonyl (C=O) groups excluding carboxylic acids is 2. The lowest BCUT2D eigenvalue weighted by Gasteiger charge is -2.44. The van der Waals surface area contributed by atoms with Gasteiger partial charge < -0.3 is 9.47 Å². The van der Waals surface area contributed by atoms with Crippen molar-refractivity contribution in [3.05, 3.63) is 71.0 Å². The number of benzene rings is 2. The first-order valence-electron chi connectivity index (χ1n) is 9.81. The van der Waals surface area contributed by atoms with E-state index in [1.807, 2.05) is 0 Å². The van der Waals surface area contributed by atoms with E-state index >= 15 is 0 Å². The highest BCUT2D eigenvalue weighted by Gasteiger charge is 2.42. The van der Waals surface area contributed by atoms with E-state index in [0.717, 1.165) is 5.56 Å². The highest BCUT2D eigenvalue weighted by molar-refractivity contribution is 6.21. The van der Waals surface area contributed by atoms with E-state index in [-0.39, 0.29) is 29.6 Å². The molecule has 2 aromatic rings. The van der Waals surface area contributed by atoms with Crippen molar-refractivity contribution in [3.8, 4) is 0 Å². The van der Waals surface area contributed by atoms with Gasteiger partial charge in [0.05, 0.1) is 24.3 Å². The van der Waals surface area contributed by atoms with Gasteiger partial charge in [-0.3, -0.25) is 14.5 Å². The molecule has 5 nitrogen and oxygen atoms in total. The van der Waals surface area contributed by atoms with Gasteiger partial charge in [-0.05, 0) is 30.7 Å². The van der Waals surface area contributed by atoms with E-state index in [4.69, 9.17) is 9.47 Å². The minimum absolute atomic E-state index is 0.119. The van der Waals surface area contributed by atoms with Crippen molar-refractivity contribution in [2.45, 2.75) is 32.5 Å². The van der Waals surface area contributed by atoms with Crippen molar-refractivity contribution >= 4 is 11.8 Å². The van der Waals surface area contributed by atoms with Gasteiger partial charge in [-0.2, -0.15) is 0 Å². The molecule has 29 heavy (non-hydrogen) atoms. The van der Waals surface area contributed by atoms with Gasteiger partial charge in [0, 0.05) is 23.9 Å². The van der Waals surface area contributed by atoms with Crippen LogP contribution < -0.4 is 0 Å². The number of hydrogen-bond acceptors (Lipinski definition) is 4. The quantitative estimate of drug-likeness (QED) is 0.712. The summed E-state index contributed by atoms with van der Waals surface area (Å²) in [5.74, 6) is -1.88. The Bertz CT molecular complexity index is 893. The SMILES string of the molecule is CC1(C)COC(CCCN2C(=O)c3ccccc3C2=O)(c2ccc(F)cc2)OC1.